The van der Waals surface area contributed by atoms with E-state index in [0.717, 1.165) is 12.3 Å². The van der Waals surface area contributed by atoms with Crippen LogP contribution in [0.25, 0.3) is 0 Å². The Labute approximate surface area is 175 Å². The summed E-state index contributed by atoms with van der Waals surface area (Å²) in [6, 6.07) is 4.64. The molecular formula is C19H18Cl2F3N3O2. The molecule has 2 aromatic rings. The van der Waals surface area contributed by atoms with Gasteiger partial charge in [-0.2, -0.15) is 0 Å². The summed E-state index contributed by atoms with van der Waals surface area (Å²) in [7, 11) is 0. The van der Waals surface area contributed by atoms with Crippen molar-refractivity contribution in [3.63, 3.8) is 0 Å². The number of halogens is 5. The Balaban J connectivity index is 1.95. The van der Waals surface area contributed by atoms with Gasteiger partial charge in [0, 0.05) is 11.8 Å². The summed E-state index contributed by atoms with van der Waals surface area (Å²) in [4.78, 5) is 20.8. The molecule has 1 aliphatic carbocycles. The Morgan fingerprint density at radius 1 is 1.24 bits per heavy atom. The highest BCUT2D eigenvalue weighted by molar-refractivity contribution is 6.34. The first-order chi connectivity index (χ1) is 13.7. The molecule has 0 aliphatic heterocycles. The number of alkyl halides is 3. The number of carbonyl (C=O) groups is 1. The lowest BCUT2D eigenvalue weighted by atomic mass is 9.77. The van der Waals surface area contributed by atoms with Crippen LogP contribution < -0.4 is 5.32 Å². The van der Waals surface area contributed by atoms with Gasteiger partial charge in [0.1, 0.15) is 23.1 Å². The third-order valence-corrected chi connectivity index (χ3v) is 5.60. The van der Waals surface area contributed by atoms with Crippen LogP contribution in [-0.2, 0) is 0 Å². The second-order valence-corrected chi connectivity index (χ2v) is 7.70. The Morgan fingerprint density at radius 2 is 1.93 bits per heavy atom. The van der Waals surface area contributed by atoms with E-state index in [0.29, 0.717) is 0 Å². The second-order valence-electron chi connectivity index (χ2n) is 6.93. The van der Waals surface area contributed by atoms with Crippen LogP contribution >= 0.6 is 23.2 Å². The maximum Gasteiger partial charge on any atom is 0.272 e. The Kier molecular flexibility index (Phi) is 6.65. The van der Waals surface area contributed by atoms with Gasteiger partial charge in [0.05, 0.1) is 16.3 Å². The number of aromatic nitrogens is 2. The van der Waals surface area contributed by atoms with Crippen molar-refractivity contribution in [2.45, 2.75) is 49.9 Å². The minimum atomic E-state index is -2.88. The van der Waals surface area contributed by atoms with Crippen LogP contribution in [0.4, 0.5) is 13.2 Å². The standard InChI is InChI=1S/C19H18Cl2F3N3O2/c20-13-3-1-2-12(26-13)16(19(29)7-4-10(22)5-8-19)27-18(28)15-14(21)11(17(23)24)6-9-25-15/h1-3,6,9-10,16-17,29H,4-5,7-8H2,(H,27,28). The molecule has 1 amide bonds. The molecule has 2 heterocycles. The van der Waals surface area contributed by atoms with E-state index < -0.39 is 46.4 Å². The molecule has 29 heavy (non-hydrogen) atoms. The van der Waals surface area contributed by atoms with Crippen molar-refractivity contribution in [1.29, 1.82) is 0 Å². The van der Waals surface area contributed by atoms with Gasteiger partial charge in [0.15, 0.2) is 0 Å². The molecule has 1 unspecified atom stereocenters. The third-order valence-electron chi connectivity index (χ3n) is 5.00. The zero-order valence-electron chi connectivity index (χ0n) is 15.1. The summed E-state index contributed by atoms with van der Waals surface area (Å²) in [5.41, 5.74) is -2.17. The number of pyridine rings is 2. The molecule has 0 radical (unpaired) electrons. The van der Waals surface area contributed by atoms with Crippen LogP contribution in [0.2, 0.25) is 10.2 Å². The number of aliphatic hydroxyl groups is 1. The molecule has 2 aromatic heterocycles. The topological polar surface area (TPSA) is 75.1 Å². The Bertz CT molecular complexity index is 893. The van der Waals surface area contributed by atoms with Gasteiger partial charge < -0.3 is 10.4 Å². The maximum atomic E-state index is 13.6. The van der Waals surface area contributed by atoms with Crippen molar-refractivity contribution < 1.29 is 23.1 Å². The lowest BCUT2D eigenvalue weighted by Crippen LogP contribution is -2.49. The number of hydrogen-bond donors (Lipinski definition) is 2. The van der Waals surface area contributed by atoms with E-state index in [4.69, 9.17) is 23.2 Å². The van der Waals surface area contributed by atoms with Crippen molar-refractivity contribution in [2.24, 2.45) is 0 Å². The van der Waals surface area contributed by atoms with Gasteiger partial charge in [-0.3, -0.25) is 4.79 Å². The maximum absolute atomic E-state index is 13.6. The molecule has 2 N–H and O–H groups in total. The summed E-state index contributed by atoms with van der Waals surface area (Å²) in [6.45, 7) is 0. The Morgan fingerprint density at radius 3 is 2.55 bits per heavy atom. The van der Waals surface area contributed by atoms with Crippen molar-refractivity contribution in [3.8, 4) is 0 Å². The average Bonchev–Trinajstić information content (AvgIpc) is 2.68. The SMILES string of the molecule is O=C(NC(c1cccc(Cl)n1)C1(O)CCC(F)CC1)c1nccc(C(F)F)c1Cl. The molecule has 1 fully saturated rings. The molecule has 0 spiro atoms. The van der Waals surface area contributed by atoms with Crippen LogP contribution in [0.5, 0.6) is 0 Å². The fraction of sp³-hybridized carbons (Fsp3) is 0.421. The molecule has 5 nitrogen and oxygen atoms in total. The van der Waals surface area contributed by atoms with Crippen LogP contribution in [-0.4, -0.2) is 32.8 Å². The molecule has 1 atom stereocenters. The number of carbonyl (C=O) groups excluding carboxylic acids is 1. The number of nitrogens with zero attached hydrogens (tertiary/aromatic N) is 2. The fourth-order valence-corrected chi connectivity index (χ4v) is 3.87. The van der Waals surface area contributed by atoms with Crippen LogP contribution in [0, 0.1) is 0 Å². The highest BCUT2D eigenvalue weighted by Gasteiger charge is 2.43. The number of amides is 1. The summed E-state index contributed by atoms with van der Waals surface area (Å²) >= 11 is 11.9. The summed E-state index contributed by atoms with van der Waals surface area (Å²) in [5, 5.41) is 13.4. The minimum absolute atomic E-state index is 0.0749. The molecule has 3 rings (SSSR count). The number of nitrogens with one attached hydrogen (secondary N) is 1. The van der Waals surface area contributed by atoms with Gasteiger partial charge in [-0.1, -0.05) is 29.3 Å². The highest BCUT2D eigenvalue weighted by atomic mass is 35.5. The number of rotatable bonds is 5. The van der Waals surface area contributed by atoms with Crippen LogP contribution in [0.15, 0.2) is 30.5 Å². The van der Waals surface area contributed by atoms with Gasteiger partial charge in [0.25, 0.3) is 12.3 Å². The predicted octanol–water partition coefficient (Wildman–Crippen LogP) is 4.84. The van der Waals surface area contributed by atoms with E-state index in [9.17, 15) is 23.1 Å². The van der Waals surface area contributed by atoms with Crippen LogP contribution in [0.3, 0.4) is 0 Å². The quantitative estimate of drug-likeness (QED) is 0.643. The fourth-order valence-electron chi connectivity index (χ4n) is 3.42. The summed E-state index contributed by atoms with van der Waals surface area (Å²) in [5.74, 6) is -0.861. The molecule has 1 saturated carbocycles. The van der Waals surface area contributed by atoms with E-state index in [1.165, 1.54) is 6.07 Å². The minimum Gasteiger partial charge on any atom is -0.387 e. The van der Waals surface area contributed by atoms with Gasteiger partial charge in [-0.05, 0) is 43.9 Å². The van der Waals surface area contributed by atoms with Gasteiger partial charge >= 0.3 is 0 Å². The van der Waals surface area contributed by atoms with Gasteiger partial charge in [-0.25, -0.2) is 23.1 Å². The second kappa shape index (κ2) is 8.85. The molecule has 0 aromatic carbocycles. The number of hydrogen-bond acceptors (Lipinski definition) is 4. The normalized spacial score (nSPS) is 23.1. The average molecular weight is 448 g/mol. The molecule has 10 heteroatoms. The third kappa shape index (κ3) is 4.82. The smallest absolute Gasteiger partial charge is 0.272 e. The zero-order valence-corrected chi connectivity index (χ0v) is 16.6. The monoisotopic (exact) mass is 447 g/mol. The van der Waals surface area contributed by atoms with E-state index in [1.807, 2.05) is 0 Å². The lowest BCUT2D eigenvalue weighted by molar-refractivity contribution is -0.0456. The van der Waals surface area contributed by atoms with Crippen LogP contribution in [0.1, 0.15) is 59.9 Å². The molecule has 1 aliphatic rings. The van der Waals surface area contributed by atoms with Crippen molar-refractivity contribution in [3.05, 3.63) is 57.6 Å². The first-order valence-electron chi connectivity index (χ1n) is 8.93. The molecule has 0 saturated heterocycles. The molecule has 156 valence electrons. The predicted molar refractivity (Wildman–Crippen MR) is 102 cm³/mol. The highest BCUT2D eigenvalue weighted by Crippen LogP contribution is 2.39. The van der Waals surface area contributed by atoms with Gasteiger partial charge in [0.2, 0.25) is 0 Å². The van der Waals surface area contributed by atoms with E-state index >= 15 is 0 Å². The largest absolute Gasteiger partial charge is 0.387 e. The van der Waals surface area contributed by atoms with Crippen molar-refractivity contribution in [2.75, 3.05) is 0 Å². The van der Waals surface area contributed by atoms with E-state index in [2.05, 4.69) is 15.3 Å². The lowest BCUT2D eigenvalue weighted by Gasteiger charge is -2.40. The first-order valence-corrected chi connectivity index (χ1v) is 9.69. The molecule has 0 bridgehead atoms. The van der Waals surface area contributed by atoms with Crippen molar-refractivity contribution >= 4 is 29.1 Å². The first kappa shape index (κ1) is 21.8. The zero-order chi connectivity index (χ0) is 21.2. The molecular weight excluding hydrogens is 430 g/mol. The van der Waals surface area contributed by atoms with E-state index in [-0.39, 0.29) is 36.5 Å². The summed E-state index contributed by atoms with van der Waals surface area (Å²) < 4.78 is 39.8. The van der Waals surface area contributed by atoms with Crippen molar-refractivity contribution in [1.82, 2.24) is 15.3 Å². The van der Waals surface area contributed by atoms with E-state index in [1.54, 1.807) is 12.1 Å². The Hall–Kier alpha value is -1.90. The van der Waals surface area contributed by atoms with Gasteiger partial charge in [-0.15, -0.1) is 0 Å². The summed E-state index contributed by atoms with van der Waals surface area (Å²) in [6.07, 6.45) is -2.49.